The van der Waals surface area contributed by atoms with E-state index in [0.29, 0.717) is 11.3 Å². The first-order valence-corrected chi connectivity index (χ1v) is 5.97. The molecule has 0 amide bonds. The van der Waals surface area contributed by atoms with Crippen molar-refractivity contribution < 1.29 is 14.6 Å². The second-order valence-electron chi connectivity index (χ2n) is 3.64. The predicted molar refractivity (Wildman–Crippen MR) is 69.9 cm³/mol. The first-order valence-electron chi connectivity index (χ1n) is 5.22. The van der Waals surface area contributed by atoms with E-state index in [-0.39, 0.29) is 22.5 Å². The number of aromatic nitrogens is 2. The fourth-order valence-corrected chi connectivity index (χ4v) is 1.70. The molecule has 0 radical (unpaired) electrons. The maximum atomic E-state index is 10.6. The summed E-state index contributed by atoms with van der Waals surface area (Å²) in [6.45, 7) is 0. The normalized spacial score (nSPS) is 10.2. The molecule has 0 fully saturated rings. The van der Waals surface area contributed by atoms with Gasteiger partial charge in [-0.15, -0.1) is 10.2 Å². The summed E-state index contributed by atoms with van der Waals surface area (Å²) in [4.78, 5) is 10.6. The van der Waals surface area contributed by atoms with Crippen LogP contribution < -0.4 is 4.74 Å². The summed E-state index contributed by atoms with van der Waals surface area (Å²) in [5.41, 5.74) is 0.620. The Balaban J connectivity index is 2.23. The highest BCUT2D eigenvalue weighted by molar-refractivity contribution is 6.32. The molecular formula is C12H8Cl2N2O3. The summed E-state index contributed by atoms with van der Waals surface area (Å²) in [6.07, 6.45) is -0.0831. The number of rotatable bonds is 4. The van der Waals surface area contributed by atoms with E-state index < -0.39 is 5.97 Å². The Hall–Kier alpha value is -1.85. The van der Waals surface area contributed by atoms with Crippen molar-refractivity contribution in [3.05, 3.63) is 46.2 Å². The van der Waals surface area contributed by atoms with Crippen molar-refractivity contribution in [1.29, 1.82) is 0 Å². The van der Waals surface area contributed by atoms with Crippen LogP contribution in [0.1, 0.15) is 5.56 Å². The lowest BCUT2D eigenvalue weighted by molar-refractivity contribution is -0.136. The lowest BCUT2D eigenvalue weighted by Crippen LogP contribution is -2.00. The first-order chi connectivity index (χ1) is 9.04. The van der Waals surface area contributed by atoms with Crippen molar-refractivity contribution in [3.63, 3.8) is 0 Å². The van der Waals surface area contributed by atoms with Gasteiger partial charge in [-0.05, 0) is 17.7 Å². The van der Waals surface area contributed by atoms with Crippen LogP contribution in [0.25, 0.3) is 0 Å². The standard InChI is InChI=1S/C12H8Cl2N2O3/c13-10-6-9(12(14)16-15-10)19-8-3-1-2-7(4-8)5-11(17)18/h1-4,6H,5H2,(H,17,18). The van der Waals surface area contributed by atoms with E-state index in [0.717, 1.165) is 0 Å². The van der Waals surface area contributed by atoms with E-state index >= 15 is 0 Å². The predicted octanol–water partition coefficient (Wildman–Crippen LogP) is 3.20. The van der Waals surface area contributed by atoms with Crippen LogP contribution in [-0.2, 0) is 11.2 Å². The third-order valence-electron chi connectivity index (χ3n) is 2.17. The number of ether oxygens (including phenoxy) is 1. The quantitative estimate of drug-likeness (QED) is 0.938. The molecular weight excluding hydrogens is 291 g/mol. The van der Waals surface area contributed by atoms with E-state index in [1.165, 1.54) is 6.07 Å². The molecule has 0 aliphatic heterocycles. The van der Waals surface area contributed by atoms with Crippen molar-refractivity contribution in [2.75, 3.05) is 0 Å². The third-order valence-corrected chi connectivity index (χ3v) is 2.62. The highest BCUT2D eigenvalue weighted by Crippen LogP contribution is 2.29. The average Bonchev–Trinajstić information content (AvgIpc) is 2.33. The molecule has 2 rings (SSSR count). The molecule has 0 spiro atoms. The van der Waals surface area contributed by atoms with Crippen LogP contribution in [0, 0.1) is 0 Å². The Morgan fingerprint density at radius 1 is 1.26 bits per heavy atom. The molecule has 0 saturated heterocycles. The highest BCUT2D eigenvalue weighted by Gasteiger charge is 2.08. The summed E-state index contributed by atoms with van der Waals surface area (Å²) in [5, 5.41) is 16.1. The van der Waals surface area contributed by atoms with Gasteiger partial charge in [0, 0.05) is 6.07 Å². The summed E-state index contributed by atoms with van der Waals surface area (Å²) in [5.74, 6) is -0.206. The molecule has 98 valence electrons. The molecule has 1 N–H and O–H groups in total. The number of hydrogen-bond acceptors (Lipinski definition) is 4. The van der Waals surface area contributed by atoms with Gasteiger partial charge in [-0.1, -0.05) is 35.3 Å². The average molecular weight is 299 g/mol. The van der Waals surface area contributed by atoms with E-state index in [2.05, 4.69) is 10.2 Å². The number of hydrogen-bond donors (Lipinski definition) is 1. The zero-order chi connectivity index (χ0) is 13.8. The van der Waals surface area contributed by atoms with Gasteiger partial charge < -0.3 is 9.84 Å². The van der Waals surface area contributed by atoms with Crippen molar-refractivity contribution in [2.24, 2.45) is 0 Å². The smallest absolute Gasteiger partial charge is 0.307 e. The van der Waals surface area contributed by atoms with Crippen LogP contribution in [0.2, 0.25) is 10.3 Å². The second-order valence-corrected chi connectivity index (χ2v) is 4.39. The maximum absolute atomic E-state index is 10.6. The van der Waals surface area contributed by atoms with Gasteiger partial charge in [0.25, 0.3) is 0 Å². The van der Waals surface area contributed by atoms with Crippen molar-refractivity contribution >= 4 is 29.2 Å². The number of nitrogens with zero attached hydrogens (tertiary/aromatic N) is 2. The number of carboxylic acids is 1. The zero-order valence-corrected chi connectivity index (χ0v) is 11.0. The fourth-order valence-electron chi connectivity index (χ4n) is 1.43. The number of benzene rings is 1. The minimum Gasteiger partial charge on any atom is -0.481 e. The molecule has 7 heteroatoms. The molecule has 2 aromatic rings. The van der Waals surface area contributed by atoms with Gasteiger partial charge in [0.2, 0.25) is 0 Å². The van der Waals surface area contributed by atoms with Crippen molar-refractivity contribution in [3.8, 4) is 11.5 Å². The van der Waals surface area contributed by atoms with Crippen LogP contribution in [0.3, 0.4) is 0 Å². The Bertz CT molecular complexity index is 620. The molecule has 0 aliphatic carbocycles. The second kappa shape index (κ2) is 5.86. The van der Waals surface area contributed by atoms with Crippen LogP contribution in [0.15, 0.2) is 30.3 Å². The summed E-state index contributed by atoms with van der Waals surface area (Å²) in [7, 11) is 0. The molecule has 1 aromatic heterocycles. The number of carboxylic acid groups (broad SMARTS) is 1. The highest BCUT2D eigenvalue weighted by atomic mass is 35.5. The Morgan fingerprint density at radius 3 is 2.79 bits per heavy atom. The largest absolute Gasteiger partial charge is 0.481 e. The molecule has 0 aliphatic rings. The van der Waals surface area contributed by atoms with E-state index in [4.69, 9.17) is 33.0 Å². The number of carbonyl (C=O) groups is 1. The lowest BCUT2D eigenvalue weighted by atomic mass is 10.1. The zero-order valence-electron chi connectivity index (χ0n) is 9.51. The van der Waals surface area contributed by atoms with Gasteiger partial charge in [0.1, 0.15) is 5.75 Å². The SMILES string of the molecule is O=C(O)Cc1cccc(Oc2cc(Cl)nnc2Cl)c1. The van der Waals surface area contributed by atoms with E-state index in [1.54, 1.807) is 24.3 Å². The monoisotopic (exact) mass is 298 g/mol. The van der Waals surface area contributed by atoms with Crippen LogP contribution >= 0.6 is 23.2 Å². The molecule has 0 saturated carbocycles. The van der Waals surface area contributed by atoms with Gasteiger partial charge in [0.05, 0.1) is 6.42 Å². The minimum absolute atomic E-state index is 0.0769. The topological polar surface area (TPSA) is 72.3 Å². The van der Waals surface area contributed by atoms with Crippen molar-refractivity contribution in [2.45, 2.75) is 6.42 Å². The van der Waals surface area contributed by atoms with Crippen molar-refractivity contribution in [1.82, 2.24) is 10.2 Å². The third kappa shape index (κ3) is 3.81. The lowest BCUT2D eigenvalue weighted by Gasteiger charge is -2.07. The summed E-state index contributed by atoms with van der Waals surface area (Å²) in [6, 6.07) is 8.10. The maximum Gasteiger partial charge on any atom is 0.307 e. The molecule has 5 nitrogen and oxygen atoms in total. The molecule has 0 atom stereocenters. The molecule has 0 bridgehead atoms. The Labute approximate surface area is 118 Å². The van der Waals surface area contributed by atoms with Gasteiger partial charge >= 0.3 is 5.97 Å². The number of aliphatic carboxylic acids is 1. The van der Waals surface area contributed by atoms with Gasteiger partial charge in [0.15, 0.2) is 16.1 Å². The van der Waals surface area contributed by atoms with Gasteiger partial charge in [-0.2, -0.15) is 0 Å². The van der Waals surface area contributed by atoms with Crippen LogP contribution in [0.5, 0.6) is 11.5 Å². The van der Waals surface area contributed by atoms with E-state index in [9.17, 15) is 4.79 Å². The van der Waals surface area contributed by atoms with E-state index in [1.807, 2.05) is 0 Å². The van der Waals surface area contributed by atoms with Gasteiger partial charge in [-0.3, -0.25) is 4.79 Å². The Kier molecular flexibility index (Phi) is 4.19. The fraction of sp³-hybridized carbons (Fsp3) is 0.0833. The Morgan fingerprint density at radius 2 is 2.05 bits per heavy atom. The summed E-state index contributed by atoms with van der Waals surface area (Å²) < 4.78 is 5.50. The first kappa shape index (κ1) is 13.6. The molecule has 19 heavy (non-hydrogen) atoms. The summed E-state index contributed by atoms with van der Waals surface area (Å²) >= 11 is 11.5. The molecule has 1 aromatic carbocycles. The molecule has 0 unspecified atom stereocenters. The van der Waals surface area contributed by atoms with Crippen LogP contribution in [-0.4, -0.2) is 21.3 Å². The van der Waals surface area contributed by atoms with Gasteiger partial charge in [-0.25, -0.2) is 0 Å². The van der Waals surface area contributed by atoms with Crippen LogP contribution in [0.4, 0.5) is 0 Å². The minimum atomic E-state index is -0.913. The number of halogens is 2. The molecule has 1 heterocycles.